The van der Waals surface area contributed by atoms with Crippen LogP contribution in [0.3, 0.4) is 0 Å². The number of rotatable bonds is 7. The molecule has 112 valence electrons. The molecule has 4 nitrogen and oxygen atoms in total. The molecule has 0 saturated heterocycles. The molecule has 0 bridgehead atoms. The lowest BCUT2D eigenvalue weighted by Gasteiger charge is -2.21. The second-order valence-corrected chi connectivity index (χ2v) is 6.11. The van der Waals surface area contributed by atoms with Gasteiger partial charge in [0.2, 0.25) is 5.91 Å². The van der Waals surface area contributed by atoms with Gasteiger partial charge in [-0.2, -0.15) is 0 Å². The SMILES string of the molecule is CC(C)(C)NC(=O)CNCC(O)CCc1ccccc1. The Morgan fingerprint density at radius 2 is 1.90 bits per heavy atom. The van der Waals surface area contributed by atoms with Crippen LogP contribution in [0.1, 0.15) is 32.8 Å². The first-order valence-corrected chi connectivity index (χ1v) is 7.10. The van der Waals surface area contributed by atoms with Gasteiger partial charge in [-0.1, -0.05) is 30.3 Å². The van der Waals surface area contributed by atoms with Gasteiger partial charge < -0.3 is 15.7 Å². The van der Waals surface area contributed by atoms with Crippen molar-refractivity contribution in [3.8, 4) is 0 Å². The molecular formula is C16H26N2O2. The summed E-state index contributed by atoms with van der Waals surface area (Å²) < 4.78 is 0. The molecule has 0 spiro atoms. The van der Waals surface area contributed by atoms with Crippen LogP contribution in [0.2, 0.25) is 0 Å². The number of amides is 1. The van der Waals surface area contributed by atoms with E-state index in [1.165, 1.54) is 5.56 Å². The van der Waals surface area contributed by atoms with Crippen molar-refractivity contribution in [3.05, 3.63) is 35.9 Å². The van der Waals surface area contributed by atoms with E-state index in [2.05, 4.69) is 22.8 Å². The summed E-state index contributed by atoms with van der Waals surface area (Å²) in [7, 11) is 0. The highest BCUT2D eigenvalue weighted by atomic mass is 16.3. The molecule has 1 amide bonds. The molecule has 4 heteroatoms. The molecule has 0 fully saturated rings. The number of benzene rings is 1. The van der Waals surface area contributed by atoms with Gasteiger partial charge in [-0.05, 0) is 39.2 Å². The highest BCUT2D eigenvalue weighted by Gasteiger charge is 2.13. The molecule has 1 aromatic rings. The number of carbonyl (C=O) groups is 1. The normalized spacial score (nSPS) is 13.0. The molecule has 20 heavy (non-hydrogen) atoms. The van der Waals surface area contributed by atoms with Crippen LogP contribution < -0.4 is 10.6 Å². The Kier molecular flexibility index (Phi) is 6.68. The fraction of sp³-hybridized carbons (Fsp3) is 0.562. The average molecular weight is 278 g/mol. The van der Waals surface area contributed by atoms with Crippen LogP contribution in [-0.4, -0.2) is 35.7 Å². The zero-order valence-electron chi connectivity index (χ0n) is 12.6. The number of hydrogen-bond donors (Lipinski definition) is 3. The molecule has 0 aliphatic heterocycles. The maximum Gasteiger partial charge on any atom is 0.234 e. The Morgan fingerprint density at radius 3 is 2.50 bits per heavy atom. The van der Waals surface area contributed by atoms with E-state index < -0.39 is 6.10 Å². The van der Waals surface area contributed by atoms with Crippen molar-refractivity contribution in [1.29, 1.82) is 0 Å². The van der Waals surface area contributed by atoms with Gasteiger partial charge in [0.15, 0.2) is 0 Å². The fourth-order valence-electron chi connectivity index (χ4n) is 1.89. The van der Waals surface area contributed by atoms with Gasteiger partial charge >= 0.3 is 0 Å². The summed E-state index contributed by atoms with van der Waals surface area (Å²) in [4.78, 5) is 11.6. The van der Waals surface area contributed by atoms with Gasteiger partial charge in [-0.3, -0.25) is 4.79 Å². The third-order valence-corrected chi connectivity index (χ3v) is 2.79. The molecule has 0 aliphatic carbocycles. The van der Waals surface area contributed by atoms with Crippen molar-refractivity contribution in [2.24, 2.45) is 0 Å². The van der Waals surface area contributed by atoms with Gasteiger partial charge in [-0.25, -0.2) is 0 Å². The van der Waals surface area contributed by atoms with Crippen molar-refractivity contribution in [2.75, 3.05) is 13.1 Å². The van der Waals surface area contributed by atoms with E-state index in [4.69, 9.17) is 0 Å². The minimum Gasteiger partial charge on any atom is -0.392 e. The summed E-state index contributed by atoms with van der Waals surface area (Å²) in [6.07, 6.45) is 1.10. The summed E-state index contributed by atoms with van der Waals surface area (Å²) in [6, 6.07) is 10.1. The zero-order chi connectivity index (χ0) is 15.0. The molecule has 0 heterocycles. The first kappa shape index (κ1) is 16.7. The van der Waals surface area contributed by atoms with E-state index in [1.807, 2.05) is 39.0 Å². The van der Waals surface area contributed by atoms with Gasteiger partial charge in [0.05, 0.1) is 12.6 Å². The van der Waals surface area contributed by atoms with E-state index in [-0.39, 0.29) is 18.0 Å². The molecule has 0 saturated carbocycles. The van der Waals surface area contributed by atoms with Crippen LogP contribution >= 0.6 is 0 Å². The van der Waals surface area contributed by atoms with Crippen LogP contribution in [0, 0.1) is 0 Å². The largest absolute Gasteiger partial charge is 0.392 e. The number of aliphatic hydroxyl groups is 1. The molecule has 0 aromatic heterocycles. The predicted molar refractivity (Wildman–Crippen MR) is 81.5 cm³/mol. The number of nitrogens with one attached hydrogen (secondary N) is 2. The molecule has 0 radical (unpaired) electrons. The van der Waals surface area contributed by atoms with Crippen LogP contribution in [0.5, 0.6) is 0 Å². The molecule has 0 aliphatic rings. The quantitative estimate of drug-likeness (QED) is 0.708. The summed E-state index contributed by atoms with van der Waals surface area (Å²) in [5.41, 5.74) is 1.00. The van der Waals surface area contributed by atoms with Gasteiger partial charge in [0.1, 0.15) is 0 Å². The molecule has 3 N–H and O–H groups in total. The first-order valence-electron chi connectivity index (χ1n) is 7.10. The van der Waals surface area contributed by atoms with Gasteiger partial charge in [0.25, 0.3) is 0 Å². The Morgan fingerprint density at radius 1 is 1.25 bits per heavy atom. The second-order valence-electron chi connectivity index (χ2n) is 6.11. The van der Waals surface area contributed by atoms with E-state index in [0.717, 1.165) is 6.42 Å². The van der Waals surface area contributed by atoms with Gasteiger partial charge in [0, 0.05) is 12.1 Å². The lowest BCUT2D eigenvalue weighted by molar-refractivity contribution is -0.121. The molecule has 1 atom stereocenters. The average Bonchev–Trinajstić information content (AvgIpc) is 2.35. The number of aliphatic hydroxyl groups excluding tert-OH is 1. The number of aryl methyl sites for hydroxylation is 1. The third kappa shape index (κ3) is 7.92. The maximum atomic E-state index is 11.6. The highest BCUT2D eigenvalue weighted by Crippen LogP contribution is 2.04. The monoisotopic (exact) mass is 278 g/mol. The van der Waals surface area contributed by atoms with E-state index in [0.29, 0.717) is 13.0 Å². The molecule has 1 aromatic carbocycles. The summed E-state index contributed by atoms with van der Waals surface area (Å²) >= 11 is 0. The van der Waals surface area contributed by atoms with Crippen LogP contribution in [0.4, 0.5) is 0 Å². The Hall–Kier alpha value is -1.39. The van der Waals surface area contributed by atoms with Crippen LogP contribution in [0.25, 0.3) is 0 Å². The minimum atomic E-state index is -0.433. The zero-order valence-corrected chi connectivity index (χ0v) is 12.6. The van der Waals surface area contributed by atoms with Gasteiger partial charge in [-0.15, -0.1) is 0 Å². The van der Waals surface area contributed by atoms with E-state index in [9.17, 15) is 9.90 Å². The predicted octanol–water partition coefficient (Wildman–Crippen LogP) is 1.48. The molecular weight excluding hydrogens is 252 g/mol. The highest BCUT2D eigenvalue weighted by molar-refractivity contribution is 5.78. The maximum absolute atomic E-state index is 11.6. The van der Waals surface area contributed by atoms with Crippen LogP contribution in [-0.2, 0) is 11.2 Å². The third-order valence-electron chi connectivity index (χ3n) is 2.79. The van der Waals surface area contributed by atoms with Crippen molar-refractivity contribution in [2.45, 2.75) is 45.3 Å². The van der Waals surface area contributed by atoms with Crippen LogP contribution in [0.15, 0.2) is 30.3 Å². The summed E-state index contributed by atoms with van der Waals surface area (Å²) in [5.74, 6) is -0.0484. The minimum absolute atomic E-state index is 0.0484. The first-order chi connectivity index (χ1) is 9.37. The van der Waals surface area contributed by atoms with Crippen molar-refractivity contribution >= 4 is 5.91 Å². The summed E-state index contributed by atoms with van der Waals surface area (Å²) in [6.45, 7) is 6.50. The Bertz CT molecular complexity index is 399. The number of carbonyl (C=O) groups excluding carboxylic acids is 1. The Labute approximate surface area is 121 Å². The van der Waals surface area contributed by atoms with Crippen molar-refractivity contribution in [1.82, 2.24) is 10.6 Å². The summed E-state index contributed by atoms with van der Waals surface area (Å²) in [5, 5.41) is 15.7. The lowest BCUT2D eigenvalue weighted by atomic mass is 10.1. The van der Waals surface area contributed by atoms with Crippen molar-refractivity contribution < 1.29 is 9.90 Å². The second kappa shape index (κ2) is 8.02. The van der Waals surface area contributed by atoms with E-state index in [1.54, 1.807) is 0 Å². The topological polar surface area (TPSA) is 61.4 Å². The number of hydrogen-bond acceptors (Lipinski definition) is 3. The Balaban J connectivity index is 2.14. The fourth-order valence-corrected chi connectivity index (χ4v) is 1.89. The van der Waals surface area contributed by atoms with E-state index >= 15 is 0 Å². The lowest BCUT2D eigenvalue weighted by Crippen LogP contribution is -2.45. The molecule has 1 rings (SSSR count). The van der Waals surface area contributed by atoms with Crippen molar-refractivity contribution in [3.63, 3.8) is 0 Å². The standard InChI is InChI=1S/C16H26N2O2/c1-16(2,3)18-15(20)12-17-11-14(19)10-9-13-7-5-4-6-8-13/h4-8,14,17,19H,9-12H2,1-3H3,(H,18,20). The smallest absolute Gasteiger partial charge is 0.234 e. The molecule has 1 unspecified atom stereocenters.